The van der Waals surface area contributed by atoms with Crippen LogP contribution in [0, 0.1) is 13.8 Å². The second kappa shape index (κ2) is 6.18. The molecule has 0 bridgehead atoms. The molecule has 4 nitrogen and oxygen atoms in total. The third-order valence-electron chi connectivity index (χ3n) is 3.26. The van der Waals surface area contributed by atoms with Gasteiger partial charge in [-0.15, -0.1) is 0 Å². The lowest BCUT2D eigenvalue weighted by Gasteiger charge is -2.13. The summed E-state index contributed by atoms with van der Waals surface area (Å²) in [5.74, 6) is -0.149. The van der Waals surface area contributed by atoms with Gasteiger partial charge in [-0.2, -0.15) is 0 Å². The van der Waals surface area contributed by atoms with Crippen molar-refractivity contribution in [3.8, 4) is 0 Å². The topological polar surface area (TPSA) is 67.2 Å². The van der Waals surface area contributed by atoms with Crippen molar-refractivity contribution in [2.24, 2.45) is 0 Å². The molecule has 0 aliphatic heterocycles. The highest BCUT2D eigenvalue weighted by Gasteiger charge is 2.08. The monoisotopic (exact) mass is 347 g/mol. The molecule has 0 saturated heterocycles. The SMILES string of the molecule is CNC(=O)c1ccc(Nc2cc(C)c(Br)c(C)c2)c(N)c1. The van der Waals surface area contributed by atoms with Gasteiger partial charge in [-0.1, -0.05) is 15.9 Å². The van der Waals surface area contributed by atoms with Crippen LogP contribution in [0.15, 0.2) is 34.8 Å². The van der Waals surface area contributed by atoms with E-state index in [1.165, 1.54) is 0 Å². The van der Waals surface area contributed by atoms with Crippen LogP contribution in [-0.2, 0) is 0 Å². The molecule has 0 unspecified atom stereocenters. The van der Waals surface area contributed by atoms with E-state index in [-0.39, 0.29) is 5.91 Å². The molecule has 5 heteroatoms. The first kappa shape index (κ1) is 15.4. The Labute approximate surface area is 132 Å². The average Bonchev–Trinajstić information content (AvgIpc) is 2.46. The fourth-order valence-corrected chi connectivity index (χ4v) is 2.36. The van der Waals surface area contributed by atoms with E-state index in [2.05, 4.69) is 26.6 Å². The zero-order valence-corrected chi connectivity index (χ0v) is 13.8. The first-order valence-corrected chi connectivity index (χ1v) is 7.37. The third-order valence-corrected chi connectivity index (χ3v) is 4.51. The van der Waals surface area contributed by atoms with Gasteiger partial charge in [0.25, 0.3) is 5.91 Å². The van der Waals surface area contributed by atoms with E-state index in [0.717, 1.165) is 27.0 Å². The minimum Gasteiger partial charge on any atom is -0.397 e. The Balaban J connectivity index is 2.30. The lowest BCUT2D eigenvalue weighted by molar-refractivity contribution is 0.0963. The Hall–Kier alpha value is -2.01. The highest BCUT2D eigenvalue weighted by Crippen LogP contribution is 2.29. The molecule has 1 amide bonds. The predicted molar refractivity (Wildman–Crippen MR) is 91.1 cm³/mol. The number of carbonyl (C=O) groups excluding carboxylic acids is 1. The predicted octanol–water partition coefficient (Wildman–Crippen LogP) is 3.75. The summed E-state index contributed by atoms with van der Waals surface area (Å²) in [7, 11) is 1.60. The maximum atomic E-state index is 11.6. The van der Waals surface area contributed by atoms with Crippen molar-refractivity contribution in [3.63, 3.8) is 0 Å². The summed E-state index contributed by atoms with van der Waals surface area (Å²) in [4.78, 5) is 11.6. The molecule has 0 fully saturated rings. The fraction of sp³-hybridized carbons (Fsp3) is 0.188. The molecular weight excluding hydrogens is 330 g/mol. The lowest BCUT2D eigenvalue weighted by Crippen LogP contribution is -2.17. The van der Waals surface area contributed by atoms with Crippen molar-refractivity contribution in [3.05, 3.63) is 51.5 Å². The van der Waals surface area contributed by atoms with Gasteiger partial charge >= 0.3 is 0 Å². The van der Waals surface area contributed by atoms with Crippen LogP contribution in [0.3, 0.4) is 0 Å². The molecule has 4 N–H and O–H groups in total. The van der Waals surface area contributed by atoms with Crippen LogP contribution in [0.2, 0.25) is 0 Å². The smallest absolute Gasteiger partial charge is 0.251 e. The van der Waals surface area contributed by atoms with E-state index in [0.29, 0.717) is 11.3 Å². The van der Waals surface area contributed by atoms with Crippen molar-refractivity contribution in [2.45, 2.75) is 13.8 Å². The van der Waals surface area contributed by atoms with E-state index >= 15 is 0 Å². The zero-order valence-electron chi connectivity index (χ0n) is 12.3. The van der Waals surface area contributed by atoms with Crippen LogP contribution in [0.4, 0.5) is 17.1 Å². The van der Waals surface area contributed by atoms with Gasteiger partial charge in [0.15, 0.2) is 0 Å². The molecule has 0 aromatic heterocycles. The minimum atomic E-state index is -0.149. The van der Waals surface area contributed by atoms with Crippen molar-refractivity contribution in [2.75, 3.05) is 18.1 Å². The lowest BCUT2D eigenvalue weighted by atomic mass is 10.1. The molecule has 110 valence electrons. The fourth-order valence-electron chi connectivity index (χ4n) is 2.14. The number of amides is 1. The number of carbonyl (C=O) groups is 1. The van der Waals surface area contributed by atoms with Crippen LogP contribution in [0.1, 0.15) is 21.5 Å². The number of nitrogens with one attached hydrogen (secondary N) is 2. The number of hydrogen-bond acceptors (Lipinski definition) is 3. The molecule has 21 heavy (non-hydrogen) atoms. The van der Waals surface area contributed by atoms with Gasteiger partial charge in [-0.25, -0.2) is 0 Å². The van der Waals surface area contributed by atoms with Gasteiger partial charge in [0.05, 0.1) is 11.4 Å². The standard InChI is InChI=1S/C16H18BrN3O/c1-9-6-12(7-10(2)15(9)17)20-14-5-4-11(8-13(14)18)16(21)19-3/h4-8,20H,18H2,1-3H3,(H,19,21). The number of halogens is 1. The largest absolute Gasteiger partial charge is 0.397 e. The quantitative estimate of drug-likeness (QED) is 0.740. The molecule has 0 atom stereocenters. The third kappa shape index (κ3) is 3.36. The first-order chi connectivity index (χ1) is 9.92. The van der Waals surface area contributed by atoms with Crippen molar-refractivity contribution < 1.29 is 4.79 Å². The number of rotatable bonds is 3. The summed E-state index contributed by atoms with van der Waals surface area (Å²) in [5, 5.41) is 5.87. The van der Waals surface area contributed by atoms with Crippen molar-refractivity contribution in [1.82, 2.24) is 5.32 Å². The average molecular weight is 348 g/mol. The summed E-state index contributed by atoms with van der Waals surface area (Å²) in [6, 6.07) is 9.31. The van der Waals surface area contributed by atoms with E-state index < -0.39 is 0 Å². The first-order valence-electron chi connectivity index (χ1n) is 6.57. The van der Waals surface area contributed by atoms with Gasteiger partial charge in [0, 0.05) is 22.8 Å². The molecular formula is C16H18BrN3O. The molecule has 2 rings (SSSR count). The van der Waals surface area contributed by atoms with Gasteiger partial charge in [-0.3, -0.25) is 4.79 Å². The molecule has 0 heterocycles. The number of nitrogens with two attached hydrogens (primary N) is 1. The van der Waals surface area contributed by atoms with E-state index in [9.17, 15) is 4.79 Å². The number of aryl methyl sites for hydroxylation is 2. The van der Waals surface area contributed by atoms with Crippen LogP contribution < -0.4 is 16.4 Å². The molecule has 0 aliphatic carbocycles. The van der Waals surface area contributed by atoms with Crippen molar-refractivity contribution in [1.29, 1.82) is 0 Å². The van der Waals surface area contributed by atoms with E-state index in [1.807, 2.05) is 32.0 Å². The van der Waals surface area contributed by atoms with Gasteiger partial charge < -0.3 is 16.4 Å². The zero-order chi connectivity index (χ0) is 15.6. The van der Waals surface area contributed by atoms with Crippen LogP contribution in [0.25, 0.3) is 0 Å². The normalized spacial score (nSPS) is 10.3. The Morgan fingerprint density at radius 2 is 1.76 bits per heavy atom. The highest BCUT2D eigenvalue weighted by atomic mass is 79.9. The maximum absolute atomic E-state index is 11.6. The number of hydrogen-bond donors (Lipinski definition) is 3. The van der Waals surface area contributed by atoms with E-state index in [1.54, 1.807) is 19.2 Å². The van der Waals surface area contributed by atoms with Crippen molar-refractivity contribution >= 4 is 38.9 Å². The van der Waals surface area contributed by atoms with Gasteiger partial charge in [0.2, 0.25) is 0 Å². The summed E-state index contributed by atoms with van der Waals surface area (Å²) in [6.45, 7) is 4.08. The molecule has 0 radical (unpaired) electrons. The molecule has 0 spiro atoms. The Kier molecular flexibility index (Phi) is 4.53. The summed E-state index contributed by atoms with van der Waals surface area (Å²) < 4.78 is 1.11. The Morgan fingerprint density at radius 3 is 2.29 bits per heavy atom. The minimum absolute atomic E-state index is 0.149. The van der Waals surface area contributed by atoms with Gasteiger partial charge in [-0.05, 0) is 55.3 Å². The summed E-state index contributed by atoms with van der Waals surface area (Å²) in [5.41, 5.74) is 11.1. The Morgan fingerprint density at radius 1 is 1.14 bits per heavy atom. The van der Waals surface area contributed by atoms with E-state index in [4.69, 9.17) is 5.73 Å². The van der Waals surface area contributed by atoms with Gasteiger partial charge in [0.1, 0.15) is 0 Å². The number of nitrogen functional groups attached to an aromatic ring is 1. The molecule has 2 aromatic rings. The molecule has 2 aromatic carbocycles. The summed E-state index contributed by atoms with van der Waals surface area (Å²) in [6.07, 6.45) is 0. The second-order valence-corrected chi connectivity index (χ2v) is 5.72. The number of benzene rings is 2. The highest BCUT2D eigenvalue weighted by molar-refractivity contribution is 9.10. The summed E-state index contributed by atoms with van der Waals surface area (Å²) >= 11 is 3.55. The van der Waals surface area contributed by atoms with Crippen LogP contribution >= 0.6 is 15.9 Å². The van der Waals surface area contributed by atoms with Crippen LogP contribution in [-0.4, -0.2) is 13.0 Å². The number of anilines is 3. The molecule has 0 aliphatic rings. The Bertz CT molecular complexity index is 675. The molecule has 0 saturated carbocycles. The maximum Gasteiger partial charge on any atom is 0.251 e. The second-order valence-electron chi connectivity index (χ2n) is 4.93. The van der Waals surface area contributed by atoms with Crippen LogP contribution in [0.5, 0.6) is 0 Å².